The maximum absolute atomic E-state index is 11.2. The number of rotatable bonds is 1. The van der Waals surface area contributed by atoms with E-state index in [4.69, 9.17) is 5.73 Å². The van der Waals surface area contributed by atoms with Gasteiger partial charge in [0.25, 0.3) is 0 Å². The lowest BCUT2D eigenvalue weighted by Crippen LogP contribution is -2.01. The molecule has 14 heavy (non-hydrogen) atoms. The second-order valence-corrected chi connectivity index (χ2v) is 3.65. The molecule has 0 spiro atoms. The predicted octanol–water partition coefficient (Wildman–Crippen LogP) is 1.06. The van der Waals surface area contributed by atoms with Crippen LogP contribution in [0.1, 0.15) is 10.4 Å². The van der Waals surface area contributed by atoms with Gasteiger partial charge in [-0.2, -0.15) is 0 Å². The second-order valence-electron chi connectivity index (χ2n) is 2.59. The third kappa shape index (κ3) is 1.39. The van der Waals surface area contributed by atoms with Crippen LogP contribution >= 0.6 is 11.3 Å². The van der Waals surface area contributed by atoms with E-state index in [2.05, 4.69) is 14.7 Å². The zero-order valence-electron chi connectivity index (χ0n) is 7.35. The van der Waals surface area contributed by atoms with Crippen molar-refractivity contribution in [3.63, 3.8) is 0 Å². The number of anilines is 1. The van der Waals surface area contributed by atoms with Crippen LogP contribution in [0.5, 0.6) is 0 Å². The van der Waals surface area contributed by atoms with Gasteiger partial charge in [-0.1, -0.05) is 11.3 Å². The summed E-state index contributed by atoms with van der Waals surface area (Å²) in [5.41, 5.74) is 6.46. The molecule has 0 radical (unpaired) electrons. The quantitative estimate of drug-likeness (QED) is 0.710. The maximum atomic E-state index is 11.2. The number of hydrogen-bond acceptors (Lipinski definition) is 6. The first-order valence-electron chi connectivity index (χ1n) is 3.81. The fraction of sp³-hybridized carbons (Fsp3) is 0.125. The molecule has 6 heteroatoms. The lowest BCUT2D eigenvalue weighted by atomic mass is 10.3. The maximum Gasteiger partial charge on any atom is 0.339 e. The molecule has 0 amide bonds. The Labute approximate surface area is 83.5 Å². The van der Waals surface area contributed by atoms with Crippen LogP contribution in [0.2, 0.25) is 0 Å². The van der Waals surface area contributed by atoms with Gasteiger partial charge in [0, 0.05) is 6.20 Å². The molecule has 2 N–H and O–H groups in total. The molecule has 2 aromatic heterocycles. The van der Waals surface area contributed by atoms with Crippen molar-refractivity contribution in [2.45, 2.75) is 0 Å². The van der Waals surface area contributed by atoms with E-state index >= 15 is 0 Å². The number of ether oxygens (including phenoxy) is 1. The van der Waals surface area contributed by atoms with E-state index in [9.17, 15) is 4.79 Å². The Morgan fingerprint density at radius 3 is 3.14 bits per heavy atom. The second kappa shape index (κ2) is 3.22. The lowest BCUT2D eigenvalue weighted by molar-refractivity contribution is 0.0600. The van der Waals surface area contributed by atoms with Crippen LogP contribution in [0, 0.1) is 0 Å². The van der Waals surface area contributed by atoms with Crippen LogP contribution in [0.4, 0.5) is 5.13 Å². The van der Waals surface area contributed by atoms with Crippen LogP contribution in [-0.4, -0.2) is 23.0 Å². The summed E-state index contributed by atoms with van der Waals surface area (Å²) in [4.78, 5) is 19.1. The monoisotopic (exact) mass is 209 g/mol. The van der Waals surface area contributed by atoms with E-state index < -0.39 is 5.97 Å². The molecule has 0 aliphatic rings. The standard InChI is InChI=1S/C8H7N3O2S/c1-13-7(12)4-2-5-6(10-3-4)11-8(9)14-5/h2-3H,1H3,(H2,9,10,11). The lowest BCUT2D eigenvalue weighted by Gasteiger charge is -1.96. The van der Waals surface area contributed by atoms with Gasteiger partial charge in [0.05, 0.1) is 17.4 Å². The molecule has 0 aliphatic heterocycles. The number of fused-ring (bicyclic) bond motifs is 1. The number of carbonyl (C=O) groups excluding carboxylic acids is 1. The third-order valence-electron chi connectivity index (χ3n) is 1.68. The fourth-order valence-electron chi connectivity index (χ4n) is 1.07. The molecule has 0 fully saturated rings. The fourth-order valence-corrected chi connectivity index (χ4v) is 1.80. The van der Waals surface area contributed by atoms with E-state index in [1.165, 1.54) is 24.6 Å². The summed E-state index contributed by atoms with van der Waals surface area (Å²) in [7, 11) is 1.33. The number of methoxy groups -OCH3 is 1. The van der Waals surface area contributed by atoms with Gasteiger partial charge < -0.3 is 10.5 Å². The number of hydrogen-bond donors (Lipinski definition) is 1. The van der Waals surface area contributed by atoms with E-state index in [-0.39, 0.29) is 0 Å². The van der Waals surface area contributed by atoms with Gasteiger partial charge in [-0.05, 0) is 6.07 Å². The number of thiazole rings is 1. The summed E-state index contributed by atoms with van der Waals surface area (Å²) >= 11 is 1.29. The van der Waals surface area contributed by atoms with Gasteiger partial charge >= 0.3 is 5.97 Å². The van der Waals surface area contributed by atoms with Crippen LogP contribution in [0.3, 0.4) is 0 Å². The molecule has 0 unspecified atom stereocenters. The van der Waals surface area contributed by atoms with Crippen LogP contribution in [0.15, 0.2) is 12.3 Å². The minimum absolute atomic E-state index is 0.406. The summed E-state index contributed by atoms with van der Waals surface area (Å²) in [6.45, 7) is 0. The summed E-state index contributed by atoms with van der Waals surface area (Å²) in [6, 6.07) is 1.67. The van der Waals surface area contributed by atoms with Gasteiger partial charge in [-0.15, -0.1) is 0 Å². The number of carbonyl (C=O) groups is 1. The highest BCUT2D eigenvalue weighted by molar-refractivity contribution is 7.22. The first kappa shape index (κ1) is 8.89. The Balaban J connectivity index is 2.55. The van der Waals surface area contributed by atoms with E-state index in [0.717, 1.165) is 4.70 Å². The highest BCUT2D eigenvalue weighted by atomic mass is 32.1. The number of nitrogens with zero attached hydrogens (tertiary/aromatic N) is 2. The first-order chi connectivity index (χ1) is 6.70. The number of pyridine rings is 1. The average Bonchev–Trinajstić information content (AvgIpc) is 2.55. The third-order valence-corrected chi connectivity index (χ3v) is 2.51. The number of aromatic nitrogens is 2. The van der Waals surface area contributed by atoms with Crippen molar-refractivity contribution in [3.8, 4) is 0 Å². The number of nitrogens with two attached hydrogens (primary N) is 1. The van der Waals surface area contributed by atoms with Gasteiger partial charge in [0.2, 0.25) is 0 Å². The predicted molar refractivity (Wildman–Crippen MR) is 53.2 cm³/mol. The Bertz CT molecular complexity index is 494. The Hall–Kier alpha value is -1.69. The van der Waals surface area contributed by atoms with Crippen molar-refractivity contribution >= 4 is 32.8 Å². The summed E-state index contributed by atoms with van der Waals surface area (Å²) < 4.78 is 5.35. The molecule has 0 aliphatic carbocycles. The highest BCUT2D eigenvalue weighted by Crippen LogP contribution is 2.22. The summed E-state index contributed by atoms with van der Waals surface area (Å²) in [5.74, 6) is -0.411. The molecule has 0 saturated heterocycles. The van der Waals surface area contributed by atoms with Crippen LogP contribution in [0.25, 0.3) is 10.3 Å². The zero-order chi connectivity index (χ0) is 10.1. The van der Waals surface area contributed by atoms with E-state index in [1.807, 2.05) is 0 Å². The SMILES string of the molecule is COC(=O)c1cnc2nc(N)sc2c1. The molecule has 0 saturated carbocycles. The van der Waals surface area contributed by atoms with Crippen molar-refractivity contribution in [3.05, 3.63) is 17.8 Å². The largest absolute Gasteiger partial charge is 0.465 e. The topological polar surface area (TPSA) is 78.1 Å². The van der Waals surface area contributed by atoms with Crippen molar-refractivity contribution in [1.82, 2.24) is 9.97 Å². The minimum atomic E-state index is -0.411. The molecule has 2 rings (SSSR count). The number of esters is 1. The smallest absolute Gasteiger partial charge is 0.339 e. The molecule has 0 aromatic carbocycles. The average molecular weight is 209 g/mol. The van der Waals surface area contributed by atoms with Crippen LogP contribution < -0.4 is 5.73 Å². The molecular formula is C8H7N3O2S. The molecule has 0 atom stereocenters. The van der Waals surface area contributed by atoms with Gasteiger partial charge in [0.1, 0.15) is 0 Å². The highest BCUT2D eigenvalue weighted by Gasteiger charge is 2.09. The van der Waals surface area contributed by atoms with Crippen molar-refractivity contribution < 1.29 is 9.53 Å². The van der Waals surface area contributed by atoms with Gasteiger partial charge in [-0.3, -0.25) is 0 Å². The Kier molecular flexibility index (Phi) is 2.05. The Morgan fingerprint density at radius 2 is 2.43 bits per heavy atom. The molecule has 2 heterocycles. The molecule has 72 valence electrons. The van der Waals surface area contributed by atoms with Gasteiger partial charge in [0.15, 0.2) is 10.8 Å². The molecule has 2 aromatic rings. The summed E-state index contributed by atoms with van der Waals surface area (Å²) in [6.07, 6.45) is 1.42. The van der Waals surface area contributed by atoms with Crippen molar-refractivity contribution in [2.75, 3.05) is 12.8 Å². The molecular weight excluding hydrogens is 202 g/mol. The Morgan fingerprint density at radius 1 is 1.64 bits per heavy atom. The van der Waals surface area contributed by atoms with Gasteiger partial charge in [-0.25, -0.2) is 14.8 Å². The first-order valence-corrected chi connectivity index (χ1v) is 4.62. The summed E-state index contributed by atoms with van der Waals surface area (Å²) in [5, 5.41) is 0.439. The molecule has 0 bridgehead atoms. The molecule has 5 nitrogen and oxygen atoms in total. The van der Waals surface area contributed by atoms with Crippen LogP contribution in [-0.2, 0) is 4.74 Å². The van der Waals surface area contributed by atoms with Crippen molar-refractivity contribution in [1.29, 1.82) is 0 Å². The normalized spacial score (nSPS) is 10.4. The number of nitrogen functional groups attached to an aromatic ring is 1. The zero-order valence-corrected chi connectivity index (χ0v) is 8.17. The minimum Gasteiger partial charge on any atom is -0.465 e. The van der Waals surface area contributed by atoms with Crippen molar-refractivity contribution in [2.24, 2.45) is 0 Å². The van der Waals surface area contributed by atoms with E-state index in [1.54, 1.807) is 6.07 Å². The van der Waals surface area contributed by atoms with E-state index in [0.29, 0.717) is 16.3 Å².